The SMILES string of the molecule is CCCCCCCC=CCC=CCCCCCCCCCC(CCCCCCCCC)CN(C)C. The Hall–Kier alpha value is -0.560. The van der Waals surface area contributed by atoms with Crippen molar-refractivity contribution in [3.8, 4) is 0 Å². The molecule has 0 bridgehead atoms. The van der Waals surface area contributed by atoms with Crippen molar-refractivity contribution in [1.82, 2.24) is 4.90 Å². The van der Waals surface area contributed by atoms with E-state index < -0.39 is 0 Å². The number of unbranched alkanes of at least 4 members (excludes halogenated alkanes) is 18. The molecule has 0 saturated carbocycles. The molecule has 0 N–H and O–H groups in total. The van der Waals surface area contributed by atoms with Crippen molar-refractivity contribution in [3.63, 3.8) is 0 Å². The van der Waals surface area contributed by atoms with E-state index in [1.165, 1.54) is 154 Å². The third-order valence-corrected chi connectivity index (χ3v) is 7.40. The van der Waals surface area contributed by atoms with Gasteiger partial charge >= 0.3 is 0 Å². The molecule has 0 spiro atoms. The molecule has 0 aliphatic rings. The van der Waals surface area contributed by atoms with Crippen LogP contribution in [-0.2, 0) is 0 Å². The summed E-state index contributed by atoms with van der Waals surface area (Å²) in [4.78, 5) is 2.41. The lowest BCUT2D eigenvalue weighted by atomic mass is 9.93. The highest BCUT2D eigenvalue weighted by atomic mass is 15.1. The average Bonchev–Trinajstić information content (AvgIpc) is 2.84. The average molecular weight is 490 g/mol. The lowest BCUT2D eigenvalue weighted by molar-refractivity contribution is 0.286. The van der Waals surface area contributed by atoms with Gasteiger partial charge in [-0.3, -0.25) is 0 Å². The summed E-state index contributed by atoms with van der Waals surface area (Å²) in [6.07, 6.45) is 43.1. The zero-order valence-corrected chi connectivity index (χ0v) is 25.0. The molecule has 0 aromatic heterocycles. The minimum Gasteiger partial charge on any atom is -0.309 e. The van der Waals surface area contributed by atoms with E-state index in [9.17, 15) is 0 Å². The van der Waals surface area contributed by atoms with Gasteiger partial charge in [-0.05, 0) is 65.0 Å². The minimum atomic E-state index is 0.924. The van der Waals surface area contributed by atoms with Gasteiger partial charge < -0.3 is 4.90 Å². The number of nitrogens with zero attached hydrogens (tertiary/aromatic N) is 1. The second kappa shape index (κ2) is 29.7. The van der Waals surface area contributed by atoms with Crippen molar-refractivity contribution in [2.45, 2.75) is 168 Å². The molecule has 0 saturated heterocycles. The first kappa shape index (κ1) is 34.4. The van der Waals surface area contributed by atoms with Crippen molar-refractivity contribution in [2.24, 2.45) is 5.92 Å². The van der Waals surface area contributed by atoms with Crippen molar-refractivity contribution >= 4 is 0 Å². The number of allylic oxidation sites excluding steroid dienone is 4. The molecule has 0 fully saturated rings. The summed E-state index contributed by atoms with van der Waals surface area (Å²) in [5.41, 5.74) is 0. The number of hydrogen-bond acceptors (Lipinski definition) is 1. The van der Waals surface area contributed by atoms with Crippen LogP contribution in [0.15, 0.2) is 24.3 Å². The smallest absolute Gasteiger partial charge is 0.000356 e. The fraction of sp³-hybridized carbons (Fsp3) is 0.882. The molecule has 208 valence electrons. The van der Waals surface area contributed by atoms with Gasteiger partial charge in [-0.2, -0.15) is 0 Å². The van der Waals surface area contributed by atoms with E-state index in [1.807, 2.05) is 0 Å². The van der Waals surface area contributed by atoms with Gasteiger partial charge in [0.1, 0.15) is 0 Å². The molecule has 0 radical (unpaired) electrons. The first-order valence-corrected chi connectivity index (χ1v) is 16.1. The molecular weight excluding hydrogens is 422 g/mol. The van der Waals surface area contributed by atoms with Gasteiger partial charge in [0.2, 0.25) is 0 Å². The highest BCUT2D eigenvalue weighted by molar-refractivity contribution is 4.92. The molecule has 1 atom stereocenters. The summed E-state index contributed by atoms with van der Waals surface area (Å²) >= 11 is 0. The topological polar surface area (TPSA) is 3.24 Å². The van der Waals surface area contributed by atoms with E-state index in [-0.39, 0.29) is 0 Å². The Labute approximate surface area is 223 Å². The van der Waals surface area contributed by atoms with Crippen molar-refractivity contribution in [1.29, 1.82) is 0 Å². The van der Waals surface area contributed by atoms with E-state index >= 15 is 0 Å². The van der Waals surface area contributed by atoms with Crippen LogP contribution in [0.1, 0.15) is 168 Å². The van der Waals surface area contributed by atoms with Crippen LogP contribution in [0.25, 0.3) is 0 Å². The number of hydrogen-bond donors (Lipinski definition) is 0. The van der Waals surface area contributed by atoms with Crippen molar-refractivity contribution in [2.75, 3.05) is 20.6 Å². The Bertz CT molecular complexity index is 436. The molecule has 35 heavy (non-hydrogen) atoms. The van der Waals surface area contributed by atoms with Crippen LogP contribution < -0.4 is 0 Å². The van der Waals surface area contributed by atoms with Gasteiger partial charge in [0.25, 0.3) is 0 Å². The van der Waals surface area contributed by atoms with Crippen LogP contribution in [0.5, 0.6) is 0 Å². The Morgan fingerprint density at radius 1 is 0.457 bits per heavy atom. The lowest BCUT2D eigenvalue weighted by Crippen LogP contribution is -2.21. The van der Waals surface area contributed by atoms with E-state index in [4.69, 9.17) is 0 Å². The second-order valence-corrected chi connectivity index (χ2v) is 11.5. The lowest BCUT2D eigenvalue weighted by Gasteiger charge is -2.21. The number of rotatable bonds is 28. The van der Waals surface area contributed by atoms with E-state index in [1.54, 1.807) is 0 Å². The van der Waals surface area contributed by atoms with E-state index in [0.717, 1.165) is 12.3 Å². The summed E-state index contributed by atoms with van der Waals surface area (Å²) in [7, 11) is 4.50. The van der Waals surface area contributed by atoms with Crippen molar-refractivity contribution < 1.29 is 0 Å². The molecule has 0 aromatic carbocycles. The summed E-state index contributed by atoms with van der Waals surface area (Å²) in [6.45, 7) is 5.88. The quantitative estimate of drug-likeness (QED) is 0.0780. The third kappa shape index (κ3) is 29.6. The Balaban J connectivity index is 3.52. The predicted octanol–water partition coefficient (Wildman–Crippen LogP) is 11.7. The molecule has 0 amide bonds. The van der Waals surface area contributed by atoms with Gasteiger partial charge in [-0.25, -0.2) is 0 Å². The maximum atomic E-state index is 2.41. The summed E-state index contributed by atoms with van der Waals surface area (Å²) in [6, 6.07) is 0. The zero-order valence-electron chi connectivity index (χ0n) is 25.0. The molecule has 1 heteroatoms. The van der Waals surface area contributed by atoms with Gasteiger partial charge in [-0.1, -0.05) is 147 Å². The van der Waals surface area contributed by atoms with Gasteiger partial charge in [-0.15, -0.1) is 0 Å². The first-order valence-electron chi connectivity index (χ1n) is 16.1. The molecule has 0 aliphatic heterocycles. The zero-order chi connectivity index (χ0) is 25.7. The van der Waals surface area contributed by atoms with Gasteiger partial charge in [0, 0.05) is 6.54 Å². The van der Waals surface area contributed by atoms with Crippen LogP contribution in [0.2, 0.25) is 0 Å². The largest absolute Gasteiger partial charge is 0.309 e. The minimum absolute atomic E-state index is 0.924. The molecule has 1 unspecified atom stereocenters. The fourth-order valence-electron chi connectivity index (χ4n) is 5.18. The maximum Gasteiger partial charge on any atom is 0.000356 e. The Kier molecular flexibility index (Phi) is 29.2. The summed E-state index contributed by atoms with van der Waals surface area (Å²) < 4.78 is 0. The van der Waals surface area contributed by atoms with Crippen LogP contribution >= 0.6 is 0 Å². The monoisotopic (exact) mass is 490 g/mol. The normalized spacial score (nSPS) is 13.1. The standard InChI is InChI=1S/C34H67N/c1-5-7-9-11-13-14-15-16-17-18-19-20-21-22-23-24-26-28-30-32-34(33-35(3)4)31-29-27-25-12-10-8-6-2/h15-16,18-19,34H,5-14,17,20-33H2,1-4H3. The molecule has 0 aromatic rings. The Morgan fingerprint density at radius 2 is 0.829 bits per heavy atom. The van der Waals surface area contributed by atoms with Gasteiger partial charge in [0.15, 0.2) is 0 Å². The van der Waals surface area contributed by atoms with Crippen LogP contribution in [0, 0.1) is 5.92 Å². The van der Waals surface area contributed by atoms with Crippen LogP contribution in [-0.4, -0.2) is 25.5 Å². The molecule has 0 aliphatic carbocycles. The summed E-state index contributed by atoms with van der Waals surface area (Å²) in [5, 5.41) is 0. The second-order valence-electron chi connectivity index (χ2n) is 11.5. The first-order chi connectivity index (χ1) is 17.2. The van der Waals surface area contributed by atoms with Crippen molar-refractivity contribution in [3.05, 3.63) is 24.3 Å². The van der Waals surface area contributed by atoms with Crippen LogP contribution in [0.3, 0.4) is 0 Å². The predicted molar refractivity (Wildman–Crippen MR) is 162 cm³/mol. The molecule has 0 heterocycles. The third-order valence-electron chi connectivity index (χ3n) is 7.40. The highest BCUT2D eigenvalue weighted by Gasteiger charge is 2.09. The Morgan fingerprint density at radius 3 is 1.23 bits per heavy atom. The fourth-order valence-corrected chi connectivity index (χ4v) is 5.18. The molecule has 1 nitrogen and oxygen atoms in total. The molecule has 0 rings (SSSR count). The summed E-state index contributed by atoms with van der Waals surface area (Å²) in [5.74, 6) is 0.924. The van der Waals surface area contributed by atoms with E-state index in [2.05, 4.69) is 57.1 Å². The maximum absolute atomic E-state index is 2.41. The molecular formula is C34H67N. The van der Waals surface area contributed by atoms with E-state index in [0.29, 0.717) is 0 Å². The van der Waals surface area contributed by atoms with Gasteiger partial charge in [0.05, 0.1) is 0 Å². The van der Waals surface area contributed by atoms with Crippen LogP contribution in [0.4, 0.5) is 0 Å². The highest BCUT2D eigenvalue weighted by Crippen LogP contribution is 2.20.